The largest absolute Gasteiger partial charge is 0.309 e. The highest BCUT2D eigenvalue weighted by Crippen LogP contribution is 2.27. The van der Waals surface area contributed by atoms with Gasteiger partial charge in [0.25, 0.3) is 0 Å². The standard InChI is InChI=1S/C14H20N4O/c15-9-11-18-10-8-13(17-18)16-14(19)7-6-12-4-2-1-3-5-12/h8,10,12H,1-7,11H2,(H,16,17,19). The van der Waals surface area contributed by atoms with Crippen molar-refractivity contribution in [3.05, 3.63) is 12.3 Å². The number of hydrogen-bond acceptors (Lipinski definition) is 3. The van der Waals surface area contributed by atoms with E-state index in [0.29, 0.717) is 12.2 Å². The van der Waals surface area contributed by atoms with Crippen molar-refractivity contribution in [2.75, 3.05) is 5.32 Å². The third-order valence-corrected chi connectivity index (χ3v) is 3.65. The summed E-state index contributed by atoms with van der Waals surface area (Å²) in [6, 6.07) is 3.72. The van der Waals surface area contributed by atoms with Gasteiger partial charge in [-0.3, -0.25) is 9.48 Å². The number of carbonyl (C=O) groups excluding carboxylic acids is 1. The van der Waals surface area contributed by atoms with Crippen molar-refractivity contribution in [1.82, 2.24) is 9.78 Å². The van der Waals surface area contributed by atoms with Gasteiger partial charge in [-0.2, -0.15) is 10.4 Å². The van der Waals surface area contributed by atoms with Crippen molar-refractivity contribution >= 4 is 11.7 Å². The van der Waals surface area contributed by atoms with Crippen molar-refractivity contribution < 1.29 is 4.79 Å². The van der Waals surface area contributed by atoms with Gasteiger partial charge in [0, 0.05) is 18.7 Å². The zero-order chi connectivity index (χ0) is 13.5. The van der Waals surface area contributed by atoms with Crippen LogP contribution in [0.3, 0.4) is 0 Å². The quantitative estimate of drug-likeness (QED) is 0.884. The maximum absolute atomic E-state index is 11.8. The SMILES string of the molecule is N#CCn1ccc(NC(=O)CCC2CCCCC2)n1. The van der Waals surface area contributed by atoms with Gasteiger partial charge in [-0.15, -0.1) is 0 Å². The second-order valence-electron chi connectivity index (χ2n) is 5.15. The number of nitrogens with one attached hydrogen (secondary N) is 1. The van der Waals surface area contributed by atoms with E-state index in [1.807, 2.05) is 6.07 Å². The molecule has 1 amide bonds. The Labute approximate surface area is 113 Å². The molecule has 0 unspecified atom stereocenters. The second-order valence-corrected chi connectivity index (χ2v) is 5.15. The van der Waals surface area contributed by atoms with Crippen LogP contribution in [0.4, 0.5) is 5.82 Å². The fraction of sp³-hybridized carbons (Fsp3) is 0.643. The molecule has 19 heavy (non-hydrogen) atoms. The number of nitrogens with zero attached hydrogens (tertiary/aromatic N) is 3. The lowest BCUT2D eigenvalue weighted by atomic mass is 9.86. The maximum Gasteiger partial charge on any atom is 0.225 e. The number of carbonyl (C=O) groups is 1. The van der Waals surface area contributed by atoms with Gasteiger partial charge < -0.3 is 5.32 Å². The summed E-state index contributed by atoms with van der Waals surface area (Å²) in [4.78, 5) is 11.8. The van der Waals surface area contributed by atoms with Crippen LogP contribution in [0.25, 0.3) is 0 Å². The Morgan fingerprint density at radius 3 is 3.00 bits per heavy atom. The van der Waals surface area contributed by atoms with Gasteiger partial charge in [0.1, 0.15) is 6.54 Å². The minimum absolute atomic E-state index is 0.0211. The van der Waals surface area contributed by atoms with E-state index in [1.54, 1.807) is 12.3 Å². The summed E-state index contributed by atoms with van der Waals surface area (Å²) in [5.41, 5.74) is 0. The van der Waals surface area contributed by atoms with E-state index >= 15 is 0 Å². The Morgan fingerprint density at radius 1 is 1.47 bits per heavy atom. The maximum atomic E-state index is 11.8. The van der Waals surface area contributed by atoms with Gasteiger partial charge in [0.05, 0.1) is 6.07 Å². The molecule has 5 nitrogen and oxygen atoms in total. The van der Waals surface area contributed by atoms with Crippen LogP contribution < -0.4 is 5.32 Å². The predicted octanol–water partition coefficient (Wildman–Crippen LogP) is 2.71. The van der Waals surface area contributed by atoms with E-state index < -0.39 is 0 Å². The number of anilines is 1. The Morgan fingerprint density at radius 2 is 2.26 bits per heavy atom. The Bertz CT molecular complexity index is 454. The monoisotopic (exact) mass is 260 g/mol. The Balaban J connectivity index is 1.72. The van der Waals surface area contributed by atoms with Crippen LogP contribution in [-0.2, 0) is 11.3 Å². The molecule has 0 spiro atoms. The van der Waals surface area contributed by atoms with Gasteiger partial charge >= 0.3 is 0 Å². The molecule has 1 N–H and O–H groups in total. The van der Waals surface area contributed by atoms with Crippen LogP contribution >= 0.6 is 0 Å². The Kier molecular flexibility index (Phi) is 4.96. The lowest BCUT2D eigenvalue weighted by Gasteiger charge is -2.20. The van der Waals surface area contributed by atoms with E-state index in [4.69, 9.17) is 5.26 Å². The highest BCUT2D eigenvalue weighted by Gasteiger charge is 2.15. The molecule has 5 heteroatoms. The van der Waals surface area contributed by atoms with Crippen molar-refractivity contribution in [2.24, 2.45) is 5.92 Å². The van der Waals surface area contributed by atoms with E-state index in [0.717, 1.165) is 12.3 Å². The first kappa shape index (κ1) is 13.6. The molecule has 102 valence electrons. The first-order valence-corrected chi connectivity index (χ1v) is 6.98. The van der Waals surface area contributed by atoms with Gasteiger partial charge in [0.2, 0.25) is 5.91 Å². The van der Waals surface area contributed by atoms with E-state index in [1.165, 1.54) is 36.8 Å². The molecule has 1 aromatic rings. The molecule has 2 rings (SSSR count). The van der Waals surface area contributed by atoms with Crippen molar-refractivity contribution in [3.8, 4) is 6.07 Å². The molecule has 0 aliphatic heterocycles. The van der Waals surface area contributed by atoms with Crippen LogP contribution in [0.5, 0.6) is 0 Å². The van der Waals surface area contributed by atoms with Crippen LogP contribution in [0.15, 0.2) is 12.3 Å². The smallest absolute Gasteiger partial charge is 0.225 e. The summed E-state index contributed by atoms with van der Waals surface area (Å²) < 4.78 is 1.51. The third-order valence-electron chi connectivity index (χ3n) is 3.65. The van der Waals surface area contributed by atoms with Gasteiger partial charge in [-0.1, -0.05) is 32.1 Å². The van der Waals surface area contributed by atoms with E-state index in [2.05, 4.69) is 10.4 Å². The average molecular weight is 260 g/mol. The lowest BCUT2D eigenvalue weighted by molar-refractivity contribution is -0.116. The molecule has 0 radical (unpaired) electrons. The highest BCUT2D eigenvalue weighted by molar-refractivity contribution is 5.89. The normalized spacial score (nSPS) is 15.9. The number of nitriles is 1. The highest BCUT2D eigenvalue weighted by atomic mass is 16.1. The minimum atomic E-state index is 0.0211. The summed E-state index contributed by atoms with van der Waals surface area (Å²) in [6.07, 6.45) is 9.74. The molecular weight excluding hydrogens is 240 g/mol. The molecule has 0 atom stereocenters. The molecule has 1 heterocycles. The third kappa shape index (κ3) is 4.40. The number of aromatic nitrogens is 2. The first-order valence-electron chi connectivity index (χ1n) is 6.98. The van der Waals surface area contributed by atoms with Crippen LogP contribution in [0.1, 0.15) is 44.9 Å². The second kappa shape index (κ2) is 6.93. The summed E-state index contributed by atoms with van der Waals surface area (Å²) in [5, 5.41) is 15.4. The van der Waals surface area contributed by atoms with Gasteiger partial charge in [-0.05, 0) is 12.3 Å². The molecule has 0 aromatic carbocycles. The summed E-state index contributed by atoms with van der Waals surface area (Å²) in [7, 11) is 0. The number of rotatable bonds is 5. The summed E-state index contributed by atoms with van der Waals surface area (Å²) in [5.74, 6) is 1.27. The molecule has 1 fully saturated rings. The van der Waals surface area contributed by atoms with Crippen molar-refractivity contribution in [1.29, 1.82) is 5.26 Å². The fourth-order valence-electron chi connectivity index (χ4n) is 2.61. The molecule has 1 aromatic heterocycles. The number of hydrogen-bond donors (Lipinski definition) is 1. The molecule has 0 bridgehead atoms. The summed E-state index contributed by atoms with van der Waals surface area (Å²) in [6.45, 7) is 0.206. The van der Waals surface area contributed by atoms with Gasteiger partial charge in [-0.25, -0.2) is 0 Å². The zero-order valence-corrected chi connectivity index (χ0v) is 11.1. The Hall–Kier alpha value is -1.83. The number of amides is 1. The van der Waals surface area contributed by atoms with Crippen molar-refractivity contribution in [3.63, 3.8) is 0 Å². The van der Waals surface area contributed by atoms with Gasteiger partial charge in [0.15, 0.2) is 5.82 Å². The zero-order valence-electron chi connectivity index (χ0n) is 11.1. The molecular formula is C14H20N4O. The topological polar surface area (TPSA) is 70.7 Å². The van der Waals surface area contributed by atoms with Crippen LogP contribution in [0.2, 0.25) is 0 Å². The fourth-order valence-corrected chi connectivity index (χ4v) is 2.61. The lowest BCUT2D eigenvalue weighted by Crippen LogP contribution is -2.15. The van der Waals surface area contributed by atoms with Crippen LogP contribution in [0, 0.1) is 17.2 Å². The molecule has 1 aliphatic carbocycles. The van der Waals surface area contributed by atoms with E-state index in [9.17, 15) is 4.79 Å². The summed E-state index contributed by atoms with van der Waals surface area (Å²) >= 11 is 0. The van der Waals surface area contributed by atoms with Crippen molar-refractivity contribution in [2.45, 2.75) is 51.5 Å². The minimum Gasteiger partial charge on any atom is -0.309 e. The molecule has 1 aliphatic rings. The first-order chi connectivity index (χ1) is 9.28. The average Bonchev–Trinajstić information content (AvgIpc) is 2.85. The van der Waals surface area contributed by atoms with E-state index in [-0.39, 0.29) is 12.5 Å². The molecule has 1 saturated carbocycles. The van der Waals surface area contributed by atoms with Crippen LogP contribution in [-0.4, -0.2) is 15.7 Å². The predicted molar refractivity (Wildman–Crippen MR) is 72.3 cm³/mol. The molecule has 0 saturated heterocycles.